The first-order valence-electron chi connectivity index (χ1n) is 6.25. The third kappa shape index (κ3) is 3.09. The Labute approximate surface area is 130 Å². The highest BCUT2D eigenvalue weighted by molar-refractivity contribution is 9.11. The maximum absolute atomic E-state index is 5.83. The molecule has 3 nitrogen and oxygen atoms in total. The molecule has 3 unspecified atom stereocenters. The van der Waals surface area contributed by atoms with Gasteiger partial charge in [-0.3, -0.25) is 0 Å². The van der Waals surface area contributed by atoms with Gasteiger partial charge in [-0.1, -0.05) is 38.8 Å². The summed E-state index contributed by atoms with van der Waals surface area (Å²) in [5, 5.41) is 0. The first-order chi connectivity index (χ1) is 9.08. The third-order valence-electron chi connectivity index (χ3n) is 3.53. The number of hydrogen-bond acceptors (Lipinski definition) is 3. The van der Waals surface area contributed by atoms with Gasteiger partial charge in [-0.2, -0.15) is 0 Å². The average Bonchev–Trinajstić information content (AvgIpc) is 2.83. The Morgan fingerprint density at radius 1 is 1.26 bits per heavy atom. The first kappa shape index (κ1) is 15.1. The highest BCUT2D eigenvalue weighted by atomic mass is 79.9. The van der Waals surface area contributed by atoms with Gasteiger partial charge in [0.1, 0.15) is 0 Å². The van der Waals surface area contributed by atoms with E-state index < -0.39 is 0 Å². The van der Waals surface area contributed by atoms with E-state index in [1.807, 2.05) is 12.1 Å². The molecule has 1 fully saturated rings. The summed E-state index contributed by atoms with van der Waals surface area (Å²) in [6.07, 6.45) is 1.30. The van der Waals surface area contributed by atoms with Crippen LogP contribution in [0.15, 0.2) is 16.6 Å². The summed E-state index contributed by atoms with van der Waals surface area (Å²) < 4.78 is 17.5. The van der Waals surface area contributed by atoms with Crippen LogP contribution in [0.2, 0.25) is 0 Å². The molecular weight excluding hydrogens is 376 g/mol. The summed E-state index contributed by atoms with van der Waals surface area (Å²) in [6.45, 7) is 3.05. The number of hydrogen-bond donors (Lipinski definition) is 0. The highest BCUT2D eigenvalue weighted by Gasteiger charge is 2.33. The minimum Gasteiger partial charge on any atom is -0.493 e. The molecule has 0 amide bonds. The Balaban J connectivity index is 2.33. The Bertz CT molecular complexity index is 451. The molecule has 0 spiro atoms. The molecule has 19 heavy (non-hydrogen) atoms. The number of methoxy groups -OCH3 is 2. The summed E-state index contributed by atoms with van der Waals surface area (Å²) in [5.74, 6) is 2.00. The third-order valence-corrected chi connectivity index (χ3v) is 5.23. The fourth-order valence-corrected chi connectivity index (χ4v) is 4.28. The van der Waals surface area contributed by atoms with Crippen molar-refractivity contribution >= 4 is 31.9 Å². The fourth-order valence-electron chi connectivity index (χ4n) is 2.35. The second-order valence-corrected chi connectivity index (χ2v) is 6.57. The van der Waals surface area contributed by atoms with Crippen LogP contribution in [0.3, 0.4) is 0 Å². The van der Waals surface area contributed by atoms with Crippen molar-refractivity contribution in [3.63, 3.8) is 0 Å². The molecule has 5 heteroatoms. The van der Waals surface area contributed by atoms with Crippen LogP contribution < -0.4 is 9.47 Å². The van der Waals surface area contributed by atoms with E-state index in [2.05, 4.69) is 38.8 Å². The van der Waals surface area contributed by atoms with Crippen molar-refractivity contribution in [2.45, 2.75) is 24.3 Å². The predicted molar refractivity (Wildman–Crippen MR) is 82.4 cm³/mol. The molecule has 1 saturated heterocycles. The van der Waals surface area contributed by atoms with Crippen molar-refractivity contribution in [2.24, 2.45) is 5.92 Å². The van der Waals surface area contributed by atoms with Crippen LogP contribution >= 0.6 is 31.9 Å². The van der Waals surface area contributed by atoms with Crippen molar-refractivity contribution in [3.8, 4) is 11.5 Å². The number of rotatable bonds is 4. The van der Waals surface area contributed by atoms with Gasteiger partial charge in [0.05, 0.1) is 25.2 Å². The highest BCUT2D eigenvalue weighted by Crippen LogP contribution is 2.43. The zero-order valence-electron chi connectivity index (χ0n) is 11.3. The van der Waals surface area contributed by atoms with Crippen molar-refractivity contribution in [2.75, 3.05) is 20.8 Å². The molecule has 1 aliphatic heterocycles. The van der Waals surface area contributed by atoms with E-state index in [1.54, 1.807) is 14.2 Å². The van der Waals surface area contributed by atoms with Crippen molar-refractivity contribution in [3.05, 3.63) is 22.2 Å². The van der Waals surface area contributed by atoms with Gasteiger partial charge in [0, 0.05) is 11.1 Å². The van der Waals surface area contributed by atoms with E-state index in [-0.39, 0.29) is 10.9 Å². The summed E-state index contributed by atoms with van der Waals surface area (Å²) in [7, 11) is 3.28. The predicted octanol–water partition coefficient (Wildman–Crippen LogP) is 4.33. The lowest BCUT2D eigenvalue weighted by Gasteiger charge is -2.23. The van der Waals surface area contributed by atoms with Gasteiger partial charge in [-0.25, -0.2) is 0 Å². The van der Waals surface area contributed by atoms with Crippen LogP contribution in [0.1, 0.15) is 23.7 Å². The molecule has 0 radical (unpaired) electrons. The zero-order chi connectivity index (χ0) is 14.0. The molecular formula is C14H18Br2O3. The van der Waals surface area contributed by atoms with E-state index in [4.69, 9.17) is 14.2 Å². The van der Waals surface area contributed by atoms with Crippen LogP contribution in [0.5, 0.6) is 11.5 Å². The second-order valence-electron chi connectivity index (χ2n) is 4.73. The van der Waals surface area contributed by atoms with Crippen molar-refractivity contribution in [1.29, 1.82) is 0 Å². The molecule has 1 aromatic rings. The van der Waals surface area contributed by atoms with Gasteiger partial charge in [-0.05, 0) is 30.0 Å². The monoisotopic (exact) mass is 392 g/mol. The lowest BCUT2D eigenvalue weighted by molar-refractivity contribution is 0.0933. The van der Waals surface area contributed by atoms with Gasteiger partial charge in [0.2, 0.25) is 0 Å². The molecule has 0 aliphatic carbocycles. The standard InChI is InChI=1S/C14H18Br2O3/c1-8-4-5-19-14(8)13(16)9-6-11(17-2)12(18-3)7-10(9)15/h6-8,13-14H,4-5H2,1-3H3. The number of ether oxygens (including phenoxy) is 3. The number of alkyl halides is 1. The molecule has 106 valence electrons. The molecule has 2 rings (SSSR count). The lowest BCUT2D eigenvalue weighted by Crippen LogP contribution is -2.19. The van der Waals surface area contributed by atoms with Crippen LogP contribution in [0.25, 0.3) is 0 Å². The minimum atomic E-state index is 0.138. The molecule has 3 atom stereocenters. The zero-order valence-corrected chi connectivity index (χ0v) is 14.5. The second kappa shape index (κ2) is 6.46. The summed E-state index contributed by atoms with van der Waals surface area (Å²) >= 11 is 7.36. The quantitative estimate of drug-likeness (QED) is 0.712. The van der Waals surface area contributed by atoms with Crippen LogP contribution in [0.4, 0.5) is 0 Å². The summed E-state index contributed by atoms with van der Waals surface area (Å²) in [6, 6.07) is 3.93. The minimum absolute atomic E-state index is 0.138. The summed E-state index contributed by atoms with van der Waals surface area (Å²) in [4.78, 5) is 0.138. The maximum atomic E-state index is 5.83. The first-order valence-corrected chi connectivity index (χ1v) is 7.96. The molecule has 0 N–H and O–H groups in total. The fraction of sp³-hybridized carbons (Fsp3) is 0.571. The van der Waals surface area contributed by atoms with Crippen molar-refractivity contribution < 1.29 is 14.2 Å². The Morgan fingerprint density at radius 2 is 1.89 bits per heavy atom. The van der Waals surface area contributed by atoms with Crippen LogP contribution in [-0.2, 0) is 4.74 Å². The summed E-state index contributed by atoms with van der Waals surface area (Å²) in [5.41, 5.74) is 1.12. The normalized spacial score (nSPS) is 24.3. The van der Waals surface area contributed by atoms with Crippen LogP contribution in [0, 0.1) is 5.92 Å². The van der Waals surface area contributed by atoms with E-state index in [9.17, 15) is 0 Å². The molecule has 1 heterocycles. The Kier molecular flexibility index (Phi) is 5.15. The van der Waals surface area contributed by atoms with Gasteiger partial charge >= 0.3 is 0 Å². The Morgan fingerprint density at radius 3 is 2.42 bits per heavy atom. The van der Waals surface area contributed by atoms with Crippen molar-refractivity contribution in [1.82, 2.24) is 0 Å². The van der Waals surface area contributed by atoms with Gasteiger partial charge < -0.3 is 14.2 Å². The van der Waals surface area contributed by atoms with Gasteiger partial charge in [0.15, 0.2) is 11.5 Å². The maximum Gasteiger partial charge on any atom is 0.161 e. The molecule has 0 bridgehead atoms. The van der Waals surface area contributed by atoms with E-state index in [1.165, 1.54) is 0 Å². The molecule has 0 aromatic heterocycles. The van der Waals surface area contributed by atoms with E-state index >= 15 is 0 Å². The van der Waals surface area contributed by atoms with Gasteiger partial charge in [-0.15, -0.1) is 0 Å². The van der Waals surface area contributed by atoms with Gasteiger partial charge in [0.25, 0.3) is 0 Å². The SMILES string of the molecule is COc1cc(Br)c(C(Br)C2OCCC2C)cc1OC. The molecule has 1 aromatic carbocycles. The average molecular weight is 394 g/mol. The molecule has 1 aliphatic rings. The van der Waals surface area contributed by atoms with E-state index in [0.29, 0.717) is 5.92 Å². The topological polar surface area (TPSA) is 27.7 Å². The largest absolute Gasteiger partial charge is 0.493 e. The Hall–Kier alpha value is -0.260. The molecule has 0 saturated carbocycles. The number of benzene rings is 1. The smallest absolute Gasteiger partial charge is 0.161 e. The lowest BCUT2D eigenvalue weighted by atomic mass is 9.97. The van der Waals surface area contributed by atoms with Crippen LogP contribution in [-0.4, -0.2) is 26.9 Å². The van der Waals surface area contributed by atoms with E-state index in [0.717, 1.165) is 34.6 Å². The number of halogens is 2.